The van der Waals surface area contributed by atoms with E-state index < -0.39 is 57.3 Å². The first-order valence-corrected chi connectivity index (χ1v) is 18.9. The average molecular weight is 786 g/mol. The number of carbonyl (C=O) groups is 2. The lowest BCUT2D eigenvalue weighted by atomic mass is 10.0. The van der Waals surface area contributed by atoms with Crippen LogP contribution < -0.4 is 15.7 Å². The van der Waals surface area contributed by atoms with E-state index in [1.54, 1.807) is 6.07 Å². The predicted molar refractivity (Wildman–Crippen MR) is 196 cm³/mol. The van der Waals surface area contributed by atoms with Gasteiger partial charge in [-0.3, -0.25) is 14.2 Å². The summed E-state index contributed by atoms with van der Waals surface area (Å²) in [6.45, 7) is 3.69. The van der Waals surface area contributed by atoms with Crippen LogP contribution in [0.25, 0.3) is 16.8 Å². The maximum absolute atomic E-state index is 15.9. The van der Waals surface area contributed by atoms with E-state index in [1.807, 2.05) is 18.6 Å². The maximum Gasteiger partial charge on any atom is 0.418 e. The van der Waals surface area contributed by atoms with Crippen molar-refractivity contribution in [2.45, 2.75) is 63.6 Å². The van der Waals surface area contributed by atoms with Gasteiger partial charge in [-0.2, -0.15) is 17.9 Å². The number of unbranched alkanes of at least 4 members (excludes halogenated alkanes) is 2. The minimum absolute atomic E-state index is 0.0365. The molecule has 0 saturated heterocycles. The lowest BCUT2D eigenvalue weighted by Crippen LogP contribution is -2.31. The molecule has 284 valence electrons. The highest BCUT2D eigenvalue weighted by Gasteiger charge is 2.36. The fraction of sp³-hybridized carbons (Fsp3) is 0.263. The molecule has 0 bridgehead atoms. The third-order valence-corrected chi connectivity index (χ3v) is 10.2. The van der Waals surface area contributed by atoms with Gasteiger partial charge in [0.1, 0.15) is 11.6 Å². The van der Waals surface area contributed by atoms with Crippen LogP contribution >= 0.6 is 11.6 Å². The topological polar surface area (TPSA) is 132 Å². The Kier molecular flexibility index (Phi) is 12.4. The van der Waals surface area contributed by atoms with Crippen molar-refractivity contribution in [2.24, 2.45) is 0 Å². The van der Waals surface area contributed by atoms with E-state index in [0.717, 1.165) is 35.3 Å². The van der Waals surface area contributed by atoms with Gasteiger partial charge in [0.15, 0.2) is 0 Å². The van der Waals surface area contributed by atoms with E-state index in [1.165, 1.54) is 54.6 Å². The van der Waals surface area contributed by atoms with Gasteiger partial charge < -0.3 is 5.32 Å². The van der Waals surface area contributed by atoms with Gasteiger partial charge in [-0.05, 0) is 60.9 Å². The molecule has 0 saturated carbocycles. The lowest BCUT2D eigenvalue weighted by molar-refractivity contribution is -0.137. The third kappa shape index (κ3) is 8.91. The molecule has 0 atom stereocenters. The second-order valence-corrected chi connectivity index (χ2v) is 14.4. The number of halogens is 5. The van der Waals surface area contributed by atoms with E-state index in [0.29, 0.717) is 30.5 Å². The van der Waals surface area contributed by atoms with E-state index in [4.69, 9.17) is 11.6 Å². The van der Waals surface area contributed by atoms with Gasteiger partial charge in [-0.15, -0.1) is 5.10 Å². The van der Waals surface area contributed by atoms with Crippen molar-refractivity contribution in [3.05, 3.63) is 134 Å². The number of rotatable bonds is 14. The molecule has 2 N–H and O–H groups in total. The Labute approximate surface area is 313 Å². The number of hydrogen-bond acceptors (Lipinski definition) is 6. The van der Waals surface area contributed by atoms with Gasteiger partial charge in [0.25, 0.3) is 21.8 Å². The zero-order valence-electron chi connectivity index (χ0n) is 29.2. The normalized spacial score (nSPS) is 11.8. The van der Waals surface area contributed by atoms with Crippen molar-refractivity contribution >= 4 is 33.4 Å². The minimum Gasteiger partial charge on any atom is -0.352 e. The highest BCUT2D eigenvalue weighted by molar-refractivity contribution is 7.90. The van der Waals surface area contributed by atoms with Gasteiger partial charge in [0.05, 0.1) is 33.3 Å². The molecule has 5 rings (SSSR count). The van der Waals surface area contributed by atoms with E-state index in [-0.39, 0.29) is 50.0 Å². The van der Waals surface area contributed by atoms with Crippen molar-refractivity contribution in [1.29, 1.82) is 0 Å². The van der Waals surface area contributed by atoms with Crippen LogP contribution in [0.1, 0.15) is 77.2 Å². The molecule has 0 aliphatic rings. The first kappa shape index (κ1) is 39.9. The molecule has 54 heavy (non-hydrogen) atoms. The van der Waals surface area contributed by atoms with E-state index in [9.17, 15) is 36.0 Å². The van der Waals surface area contributed by atoms with Crippen LogP contribution in [-0.2, 0) is 29.2 Å². The van der Waals surface area contributed by atoms with E-state index in [2.05, 4.69) is 10.4 Å². The number of nitrogens with one attached hydrogen (secondary N) is 2. The zero-order chi connectivity index (χ0) is 39.2. The number of nitrogens with zero attached hydrogens (tertiary/aromatic N) is 3. The van der Waals surface area contributed by atoms with Gasteiger partial charge in [-0.1, -0.05) is 80.8 Å². The molecular formula is C38H36ClF4N5O5S. The highest BCUT2D eigenvalue weighted by atomic mass is 35.5. The summed E-state index contributed by atoms with van der Waals surface area (Å²) in [5.41, 5.74) is -2.83. The fourth-order valence-corrected chi connectivity index (χ4v) is 7.09. The van der Waals surface area contributed by atoms with Crippen LogP contribution in [0.3, 0.4) is 0 Å². The van der Waals surface area contributed by atoms with Gasteiger partial charge >= 0.3 is 11.9 Å². The Morgan fingerprint density at radius 1 is 0.889 bits per heavy atom. The average Bonchev–Trinajstić information content (AvgIpc) is 3.44. The van der Waals surface area contributed by atoms with Gasteiger partial charge in [-0.25, -0.2) is 22.3 Å². The molecule has 16 heteroatoms. The highest BCUT2D eigenvalue weighted by Crippen LogP contribution is 2.34. The molecule has 0 fully saturated rings. The van der Waals surface area contributed by atoms with Crippen molar-refractivity contribution in [3.63, 3.8) is 0 Å². The summed E-state index contributed by atoms with van der Waals surface area (Å²) in [6, 6.07) is 18.0. The van der Waals surface area contributed by atoms with Gasteiger partial charge in [0, 0.05) is 29.7 Å². The smallest absolute Gasteiger partial charge is 0.352 e. The summed E-state index contributed by atoms with van der Waals surface area (Å²) in [5.74, 6) is -2.33. The SMILES string of the molecule is CCCCNC(=O)c1ccc(C(F)(F)F)c(-n2nc(CCCC)n(Cc3ccc(-c4ccccc4S(=O)(=O)NC(=O)c4ccccc4Cl)cc3F)c2=O)c1. The number of carbonyl (C=O) groups excluding carboxylic acids is 2. The first-order valence-electron chi connectivity index (χ1n) is 17.0. The molecule has 0 radical (unpaired) electrons. The quantitative estimate of drug-likeness (QED) is 0.0883. The Morgan fingerprint density at radius 2 is 1.59 bits per heavy atom. The molecule has 1 aromatic heterocycles. The molecule has 5 aromatic rings. The Morgan fingerprint density at radius 3 is 2.28 bits per heavy atom. The summed E-state index contributed by atoms with van der Waals surface area (Å²) < 4.78 is 89.0. The van der Waals surface area contributed by atoms with Crippen molar-refractivity contribution in [1.82, 2.24) is 24.4 Å². The molecular weight excluding hydrogens is 750 g/mol. The Bertz CT molecular complexity index is 2360. The number of benzene rings is 4. The molecule has 2 amide bonds. The Hall–Kier alpha value is -5.28. The van der Waals surface area contributed by atoms with Crippen molar-refractivity contribution in [2.75, 3.05) is 6.54 Å². The number of alkyl halides is 3. The number of sulfonamides is 1. The Balaban J connectivity index is 1.51. The standard InChI is InChI=1S/C38H36ClF4N5O5S/c1-3-5-15-34-45-48(32-22-25(35(49)44-20-6-4-2)18-19-29(32)38(41,42)43)37(51)47(34)23-26-17-16-24(21-31(26)40)27-11-8-10-14-33(27)54(52,53)46-36(50)28-12-7-9-13-30(28)39/h7-14,16-19,21-22H,3-6,15,20,23H2,1-2H3,(H,44,49)(H,46,50). The second-order valence-electron chi connectivity index (χ2n) is 12.4. The van der Waals surface area contributed by atoms with E-state index >= 15 is 4.39 Å². The fourth-order valence-electron chi connectivity index (χ4n) is 5.67. The molecule has 0 spiro atoms. The summed E-state index contributed by atoms with van der Waals surface area (Å²) in [4.78, 5) is 39.1. The van der Waals surface area contributed by atoms with Crippen LogP contribution in [0, 0.1) is 5.82 Å². The van der Waals surface area contributed by atoms with Crippen LogP contribution in [0.5, 0.6) is 0 Å². The van der Waals surface area contributed by atoms with Gasteiger partial charge in [0.2, 0.25) is 0 Å². The molecule has 10 nitrogen and oxygen atoms in total. The van der Waals surface area contributed by atoms with Crippen LogP contribution in [0.4, 0.5) is 17.6 Å². The number of aryl methyl sites for hydroxylation is 1. The summed E-state index contributed by atoms with van der Waals surface area (Å²) in [5, 5.41) is 6.94. The molecule has 0 aliphatic carbocycles. The van der Waals surface area contributed by atoms with Crippen LogP contribution in [0.15, 0.2) is 94.6 Å². The number of aromatic nitrogens is 3. The second kappa shape index (κ2) is 16.8. The molecule has 4 aromatic carbocycles. The predicted octanol–water partition coefficient (Wildman–Crippen LogP) is 7.55. The monoisotopic (exact) mass is 785 g/mol. The zero-order valence-corrected chi connectivity index (χ0v) is 30.8. The maximum atomic E-state index is 15.9. The largest absolute Gasteiger partial charge is 0.418 e. The summed E-state index contributed by atoms with van der Waals surface area (Å²) >= 11 is 6.07. The lowest BCUT2D eigenvalue weighted by Gasteiger charge is -2.14. The third-order valence-electron chi connectivity index (χ3n) is 8.52. The summed E-state index contributed by atoms with van der Waals surface area (Å²) in [7, 11) is -4.49. The molecule has 0 aliphatic heterocycles. The number of amides is 2. The first-order chi connectivity index (χ1) is 25.7. The van der Waals surface area contributed by atoms with Crippen LogP contribution in [0.2, 0.25) is 5.02 Å². The number of hydrogen-bond donors (Lipinski definition) is 2. The van der Waals surface area contributed by atoms with Crippen molar-refractivity contribution < 1.29 is 35.6 Å². The van der Waals surface area contributed by atoms with Crippen molar-refractivity contribution in [3.8, 4) is 16.8 Å². The minimum atomic E-state index is -4.90. The molecule has 0 unspecified atom stereocenters. The van der Waals surface area contributed by atoms with Crippen LogP contribution in [-0.4, -0.2) is 41.1 Å². The molecule has 1 heterocycles. The summed E-state index contributed by atoms with van der Waals surface area (Å²) in [6.07, 6.45) is -2.09.